The minimum absolute atomic E-state index is 0.494. The molecule has 1 aromatic carbocycles. The molecule has 0 bridgehead atoms. The maximum absolute atomic E-state index is 9.65. The van der Waals surface area contributed by atoms with Crippen molar-refractivity contribution in [1.29, 1.82) is 5.26 Å². The zero-order valence-corrected chi connectivity index (χ0v) is 14.7. The van der Waals surface area contributed by atoms with Crippen LogP contribution in [-0.2, 0) is 12.8 Å². The van der Waals surface area contributed by atoms with E-state index < -0.39 is 0 Å². The van der Waals surface area contributed by atoms with Gasteiger partial charge < -0.3 is 4.98 Å². The normalized spacial score (nSPS) is 16.4. The van der Waals surface area contributed by atoms with Gasteiger partial charge in [-0.25, -0.2) is 0 Å². The topological polar surface area (TPSA) is 39.6 Å². The molecule has 0 saturated carbocycles. The minimum Gasteiger partial charge on any atom is -0.349 e. The van der Waals surface area contributed by atoms with Crippen LogP contribution in [0.1, 0.15) is 34.7 Å². The number of hydrogen-bond donors (Lipinski definition) is 1. The highest BCUT2D eigenvalue weighted by molar-refractivity contribution is 7.71. The summed E-state index contributed by atoms with van der Waals surface area (Å²) in [7, 11) is 0. The van der Waals surface area contributed by atoms with E-state index in [-0.39, 0.29) is 0 Å². The predicted molar refractivity (Wildman–Crippen MR) is 101 cm³/mol. The molecule has 0 aliphatic heterocycles. The SMILES string of the molecule is N#Cc1c(-c2cccs2)c2c([nH]c1=S)CCC(c1ccccc1)C2. The average molecular weight is 348 g/mol. The van der Waals surface area contributed by atoms with Crippen molar-refractivity contribution in [1.82, 2.24) is 4.98 Å². The molecule has 3 aromatic rings. The summed E-state index contributed by atoms with van der Waals surface area (Å²) in [6.45, 7) is 0. The van der Waals surface area contributed by atoms with Gasteiger partial charge in [0.1, 0.15) is 10.7 Å². The van der Waals surface area contributed by atoms with E-state index in [9.17, 15) is 5.26 Å². The van der Waals surface area contributed by atoms with Gasteiger partial charge in [-0.3, -0.25) is 0 Å². The molecule has 2 aromatic heterocycles. The van der Waals surface area contributed by atoms with Crippen LogP contribution in [0.4, 0.5) is 0 Å². The molecular formula is C20H16N2S2. The monoisotopic (exact) mass is 348 g/mol. The largest absolute Gasteiger partial charge is 0.349 e. The van der Waals surface area contributed by atoms with Crippen molar-refractivity contribution in [2.45, 2.75) is 25.2 Å². The Morgan fingerprint density at radius 1 is 1.17 bits per heavy atom. The number of thiophene rings is 1. The molecule has 118 valence electrons. The van der Waals surface area contributed by atoms with Crippen molar-refractivity contribution in [2.24, 2.45) is 0 Å². The average Bonchev–Trinajstić information content (AvgIpc) is 3.15. The molecule has 1 aliphatic rings. The second kappa shape index (κ2) is 6.35. The number of aryl methyl sites for hydroxylation is 1. The molecule has 4 rings (SSSR count). The number of nitrogens with one attached hydrogen (secondary N) is 1. The van der Waals surface area contributed by atoms with E-state index in [0.29, 0.717) is 16.1 Å². The number of nitrogens with zero attached hydrogens (tertiary/aromatic N) is 1. The van der Waals surface area contributed by atoms with Gasteiger partial charge in [-0.2, -0.15) is 5.26 Å². The van der Waals surface area contributed by atoms with Crippen molar-refractivity contribution in [3.8, 4) is 16.5 Å². The number of hydrogen-bond acceptors (Lipinski definition) is 3. The first kappa shape index (κ1) is 15.3. The second-order valence-corrected chi connectivity index (χ2v) is 7.46. The molecule has 2 heterocycles. The number of nitriles is 1. The standard InChI is InChI=1S/C20H16N2S2/c21-12-16-19(18-7-4-10-24-18)15-11-14(13-5-2-1-3-6-13)8-9-17(15)22-20(16)23/h1-7,10,14H,8-9,11H2,(H,22,23). The van der Waals surface area contributed by atoms with Crippen molar-refractivity contribution < 1.29 is 0 Å². The Morgan fingerprint density at radius 3 is 2.71 bits per heavy atom. The molecule has 2 nitrogen and oxygen atoms in total. The highest BCUT2D eigenvalue weighted by atomic mass is 32.1. The van der Waals surface area contributed by atoms with Gasteiger partial charge in [0.2, 0.25) is 0 Å². The van der Waals surface area contributed by atoms with Gasteiger partial charge >= 0.3 is 0 Å². The summed E-state index contributed by atoms with van der Waals surface area (Å²) in [5, 5.41) is 11.7. The number of aromatic nitrogens is 1. The molecule has 4 heteroatoms. The summed E-state index contributed by atoms with van der Waals surface area (Å²) in [5.41, 5.74) is 5.50. The minimum atomic E-state index is 0.494. The quantitative estimate of drug-likeness (QED) is 0.611. The lowest BCUT2D eigenvalue weighted by molar-refractivity contribution is 0.574. The summed E-state index contributed by atoms with van der Waals surface area (Å²) in [6, 6.07) is 17.1. The van der Waals surface area contributed by atoms with E-state index in [1.165, 1.54) is 16.8 Å². The number of benzene rings is 1. The van der Waals surface area contributed by atoms with E-state index >= 15 is 0 Å². The third-order valence-electron chi connectivity index (χ3n) is 4.75. The lowest BCUT2D eigenvalue weighted by Crippen LogP contribution is -2.16. The van der Waals surface area contributed by atoms with E-state index in [1.807, 2.05) is 6.07 Å². The first-order chi connectivity index (χ1) is 11.8. The smallest absolute Gasteiger partial charge is 0.122 e. The summed E-state index contributed by atoms with van der Waals surface area (Å²) < 4.78 is 0.567. The van der Waals surface area contributed by atoms with Gasteiger partial charge in [-0.15, -0.1) is 11.3 Å². The van der Waals surface area contributed by atoms with Crippen LogP contribution in [0, 0.1) is 16.0 Å². The van der Waals surface area contributed by atoms with Crippen LogP contribution >= 0.6 is 23.6 Å². The molecule has 0 saturated heterocycles. The number of fused-ring (bicyclic) bond motifs is 1. The molecule has 1 atom stereocenters. The molecule has 0 radical (unpaired) electrons. The highest BCUT2D eigenvalue weighted by Crippen LogP contribution is 2.40. The Balaban J connectivity index is 1.88. The third-order valence-corrected chi connectivity index (χ3v) is 5.94. The molecule has 1 unspecified atom stereocenters. The maximum Gasteiger partial charge on any atom is 0.122 e. The van der Waals surface area contributed by atoms with E-state index in [2.05, 4.69) is 52.8 Å². The van der Waals surface area contributed by atoms with Crippen LogP contribution < -0.4 is 0 Å². The zero-order chi connectivity index (χ0) is 16.5. The van der Waals surface area contributed by atoms with E-state index in [4.69, 9.17) is 12.2 Å². The summed E-state index contributed by atoms with van der Waals surface area (Å²) in [5.74, 6) is 0.494. The summed E-state index contributed by atoms with van der Waals surface area (Å²) in [4.78, 5) is 4.45. The number of rotatable bonds is 2. The molecule has 0 amide bonds. The second-order valence-electron chi connectivity index (χ2n) is 6.10. The van der Waals surface area contributed by atoms with Crippen molar-refractivity contribution in [2.75, 3.05) is 0 Å². The lowest BCUT2D eigenvalue weighted by atomic mass is 9.79. The molecule has 1 aliphatic carbocycles. The van der Waals surface area contributed by atoms with Crippen molar-refractivity contribution in [3.05, 3.63) is 74.9 Å². The fourth-order valence-electron chi connectivity index (χ4n) is 3.61. The molecule has 0 fully saturated rings. The van der Waals surface area contributed by atoms with E-state index in [0.717, 1.165) is 29.7 Å². The lowest BCUT2D eigenvalue weighted by Gasteiger charge is -2.27. The fraction of sp³-hybridized carbons (Fsp3) is 0.200. The Hall–Kier alpha value is -2.22. The highest BCUT2D eigenvalue weighted by Gasteiger charge is 2.26. The van der Waals surface area contributed by atoms with Crippen molar-refractivity contribution in [3.63, 3.8) is 0 Å². The van der Waals surface area contributed by atoms with Gasteiger partial charge in [-0.05, 0) is 47.8 Å². The van der Waals surface area contributed by atoms with E-state index in [1.54, 1.807) is 11.3 Å². The molecule has 1 N–H and O–H groups in total. The van der Waals surface area contributed by atoms with Crippen LogP contribution in [0.2, 0.25) is 0 Å². The van der Waals surface area contributed by atoms with Crippen LogP contribution in [0.25, 0.3) is 10.4 Å². The Labute approximate surface area is 150 Å². The van der Waals surface area contributed by atoms with Gasteiger partial charge in [0.15, 0.2) is 0 Å². The number of H-pyrrole nitrogens is 1. The first-order valence-corrected chi connectivity index (χ1v) is 9.33. The van der Waals surface area contributed by atoms with Gasteiger partial charge in [0, 0.05) is 16.1 Å². The molecular weight excluding hydrogens is 332 g/mol. The summed E-state index contributed by atoms with van der Waals surface area (Å²) >= 11 is 7.12. The number of aromatic amines is 1. The third kappa shape index (κ3) is 2.60. The summed E-state index contributed by atoms with van der Waals surface area (Å²) in [6.07, 6.45) is 3.04. The van der Waals surface area contributed by atoms with Crippen LogP contribution in [0.3, 0.4) is 0 Å². The van der Waals surface area contributed by atoms with Crippen molar-refractivity contribution >= 4 is 23.6 Å². The Morgan fingerprint density at radius 2 is 2.00 bits per heavy atom. The molecule has 0 spiro atoms. The van der Waals surface area contributed by atoms with Gasteiger partial charge in [0.05, 0.1) is 5.56 Å². The van der Waals surface area contributed by atoms with Gasteiger partial charge in [0.25, 0.3) is 0 Å². The fourth-order valence-corrected chi connectivity index (χ4v) is 4.68. The van der Waals surface area contributed by atoms with Gasteiger partial charge in [-0.1, -0.05) is 48.6 Å². The Kier molecular flexibility index (Phi) is 4.05. The van der Waals surface area contributed by atoms with Crippen LogP contribution in [0.5, 0.6) is 0 Å². The van der Waals surface area contributed by atoms with Crippen LogP contribution in [-0.4, -0.2) is 4.98 Å². The number of pyridine rings is 1. The zero-order valence-electron chi connectivity index (χ0n) is 13.1. The Bertz CT molecular complexity index is 963. The first-order valence-electron chi connectivity index (χ1n) is 8.05. The molecule has 24 heavy (non-hydrogen) atoms. The maximum atomic E-state index is 9.65. The van der Waals surface area contributed by atoms with Crippen LogP contribution in [0.15, 0.2) is 47.8 Å². The predicted octanol–water partition coefficient (Wildman–Crippen LogP) is 5.62.